The summed E-state index contributed by atoms with van der Waals surface area (Å²) in [5, 5.41) is 3.35. The molecule has 3 aliphatic carbocycles. The molecule has 0 spiro atoms. The van der Waals surface area contributed by atoms with Gasteiger partial charge in [-0.05, 0) is 66.4 Å². The molecule has 47 heavy (non-hydrogen) atoms. The lowest BCUT2D eigenvalue weighted by Crippen LogP contribution is -2.40. The summed E-state index contributed by atoms with van der Waals surface area (Å²) in [5.74, 6) is 1.77. The van der Waals surface area contributed by atoms with Gasteiger partial charge in [0.25, 0.3) is 5.01 Å². The summed E-state index contributed by atoms with van der Waals surface area (Å²) in [4.78, 5) is 3.33. The molecule has 0 fully saturated rings. The number of ether oxygens (including phenoxy) is 1. The Morgan fingerprint density at radius 2 is 1.94 bits per heavy atom. The summed E-state index contributed by atoms with van der Waals surface area (Å²) < 4.78 is 42.9. The van der Waals surface area contributed by atoms with Crippen molar-refractivity contribution in [1.82, 2.24) is 0 Å². The summed E-state index contributed by atoms with van der Waals surface area (Å²) in [5.41, 5.74) is 4.98. The number of hydrogen-bond donors (Lipinski definition) is 0. The van der Waals surface area contributed by atoms with Gasteiger partial charge in [0.2, 0.25) is 11.6 Å². The molecular weight excluding hydrogens is 625 g/mol. The van der Waals surface area contributed by atoms with Gasteiger partial charge in [0, 0.05) is 29.7 Å². The van der Waals surface area contributed by atoms with Crippen molar-refractivity contribution in [3.63, 3.8) is 0 Å². The molecule has 0 N–H and O–H groups in total. The van der Waals surface area contributed by atoms with Crippen LogP contribution in [-0.2, 0) is 16.7 Å². The van der Waals surface area contributed by atoms with Crippen LogP contribution in [0.5, 0.6) is 5.75 Å². The summed E-state index contributed by atoms with van der Waals surface area (Å²) >= 11 is 1.88. The van der Waals surface area contributed by atoms with E-state index in [1.807, 2.05) is 64.8 Å². The van der Waals surface area contributed by atoms with E-state index >= 15 is 0 Å². The number of hydrogen-bond acceptors (Lipinski definition) is 6. The third-order valence-corrected chi connectivity index (χ3v) is 11.2. The molecule has 3 aromatic rings. The molecule has 4 aliphatic rings. The van der Waals surface area contributed by atoms with Crippen molar-refractivity contribution in [2.24, 2.45) is 11.3 Å². The van der Waals surface area contributed by atoms with Crippen LogP contribution in [0.2, 0.25) is 0 Å². The van der Waals surface area contributed by atoms with E-state index < -0.39 is 15.9 Å². The van der Waals surface area contributed by atoms with Crippen molar-refractivity contribution < 1.29 is 22.3 Å². The predicted octanol–water partition coefficient (Wildman–Crippen LogP) is 8.42. The maximum Gasteiger partial charge on any atom is 0.262 e. The highest BCUT2D eigenvalue weighted by molar-refractivity contribution is 7.85. The Hall–Kier alpha value is -3.98. The van der Waals surface area contributed by atoms with Gasteiger partial charge in [-0.25, -0.2) is 8.42 Å². The van der Waals surface area contributed by atoms with Crippen LogP contribution in [0.15, 0.2) is 108 Å². The fraction of sp³-hybridized carbons (Fsp3) is 0.308. The van der Waals surface area contributed by atoms with Crippen molar-refractivity contribution in [3.8, 4) is 5.75 Å². The van der Waals surface area contributed by atoms with Crippen molar-refractivity contribution >= 4 is 50.1 Å². The first-order valence-electron chi connectivity index (χ1n) is 16.4. The van der Waals surface area contributed by atoms with Gasteiger partial charge in [-0.2, -0.15) is 4.57 Å². The van der Waals surface area contributed by atoms with Crippen LogP contribution in [0.4, 0.5) is 5.69 Å². The summed E-state index contributed by atoms with van der Waals surface area (Å²) in [6.45, 7) is 8.19. The van der Waals surface area contributed by atoms with Crippen molar-refractivity contribution in [2.75, 3.05) is 17.2 Å². The maximum absolute atomic E-state index is 11.3. The first kappa shape index (κ1) is 31.6. The van der Waals surface area contributed by atoms with E-state index in [-0.39, 0.29) is 11.8 Å². The average Bonchev–Trinajstić information content (AvgIpc) is 3.57. The monoisotopic (exact) mass is 664 g/mol. The zero-order valence-corrected chi connectivity index (χ0v) is 28.7. The summed E-state index contributed by atoms with van der Waals surface area (Å²) in [6, 6.07) is 12.1. The topological polar surface area (TPSA) is 73.5 Å². The molecule has 0 saturated carbocycles. The molecule has 2 atom stereocenters. The highest BCUT2D eigenvalue weighted by Crippen LogP contribution is 2.45. The second kappa shape index (κ2) is 12.6. The first-order valence-corrected chi connectivity index (χ1v) is 18.8. The smallest absolute Gasteiger partial charge is 0.262 e. The minimum atomic E-state index is -4.30. The molecule has 6 nitrogen and oxygen atoms in total. The molecule has 1 aromatic heterocycles. The number of benzene rings is 2. The number of nitrogens with zero attached hydrogens (tertiary/aromatic N) is 2. The van der Waals surface area contributed by atoms with E-state index in [9.17, 15) is 13.0 Å². The third kappa shape index (κ3) is 6.59. The highest BCUT2D eigenvalue weighted by atomic mass is 32.2. The maximum atomic E-state index is 11.3. The zero-order chi connectivity index (χ0) is 32.8. The van der Waals surface area contributed by atoms with Gasteiger partial charge < -0.3 is 14.2 Å². The van der Waals surface area contributed by atoms with Crippen LogP contribution < -0.4 is 14.2 Å². The lowest BCUT2D eigenvalue weighted by atomic mass is 9.75. The van der Waals surface area contributed by atoms with Crippen LogP contribution in [-0.4, -0.2) is 25.3 Å². The first-order chi connectivity index (χ1) is 22.6. The molecule has 2 aromatic carbocycles. The Morgan fingerprint density at radius 1 is 1.11 bits per heavy atom. The van der Waals surface area contributed by atoms with Crippen molar-refractivity contribution in [1.29, 1.82) is 0 Å². The average molecular weight is 665 g/mol. The van der Waals surface area contributed by atoms with E-state index in [4.69, 9.17) is 4.74 Å². The Kier molecular flexibility index (Phi) is 8.45. The van der Waals surface area contributed by atoms with Gasteiger partial charge in [-0.1, -0.05) is 104 Å². The number of thiazole rings is 1. The molecule has 8 heteroatoms. The Bertz CT molecular complexity index is 2060. The zero-order valence-electron chi connectivity index (χ0n) is 27.1. The lowest BCUT2D eigenvalue weighted by Gasteiger charge is -2.30. The van der Waals surface area contributed by atoms with Crippen LogP contribution in [0.25, 0.3) is 22.9 Å². The Labute approximate surface area is 281 Å². The van der Waals surface area contributed by atoms with Crippen molar-refractivity contribution in [2.45, 2.75) is 52.5 Å². The predicted molar refractivity (Wildman–Crippen MR) is 191 cm³/mol. The minimum absolute atomic E-state index is 0.109. The van der Waals surface area contributed by atoms with Gasteiger partial charge >= 0.3 is 0 Å². The SMILES string of the molecule is CC[n+]1c(C=C2C=C(/C=C/C=C3/Oc4c(ccc5ccccc45)N3CCCS(=O)(=O)[O-])CC(C)(C)C2)sc2c1C1C=CC=CC1C=C2. The standard InChI is InChI=1S/C39H40N2O4S2/c1-4-40-36(46-34-20-18-29-12-5-7-14-31(29)37(34)40)24-28-23-27(25-39(2,3)26-28)11-9-16-35-41(21-10-22-47(42,43)44)33-19-17-30-13-6-8-15-32(30)38(33)45-35/h5-9,11-20,23-24,29,31H,4,10,21-22,25-26H2,1-3H3. The van der Waals surface area contributed by atoms with E-state index in [2.05, 4.69) is 80.0 Å². The number of anilines is 1. The molecule has 0 radical (unpaired) electrons. The third-order valence-electron chi connectivity index (χ3n) is 9.30. The van der Waals surface area contributed by atoms with Crippen molar-refractivity contribution in [3.05, 3.63) is 124 Å². The van der Waals surface area contributed by atoms with Crippen LogP contribution >= 0.6 is 11.3 Å². The largest absolute Gasteiger partial charge is 0.748 e. The fourth-order valence-corrected chi connectivity index (χ4v) is 9.11. The molecule has 242 valence electrons. The number of rotatable bonds is 8. The highest BCUT2D eigenvalue weighted by Gasteiger charge is 2.36. The second-order valence-corrected chi connectivity index (χ2v) is 16.1. The van der Waals surface area contributed by atoms with E-state index in [0.717, 1.165) is 41.6 Å². The molecule has 0 amide bonds. The number of fused-ring (bicyclic) bond motifs is 6. The van der Waals surface area contributed by atoms with Gasteiger partial charge in [-0.15, -0.1) is 0 Å². The second-order valence-electron chi connectivity index (χ2n) is 13.5. The molecule has 2 unspecified atom stereocenters. The normalized spacial score (nSPS) is 23.0. The van der Waals surface area contributed by atoms with Crippen LogP contribution in [0, 0.1) is 11.3 Å². The van der Waals surface area contributed by atoms with E-state index in [1.165, 1.54) is 26.7 Å². The Balaban J connectivity index is 1.18. The molecule has 2 heterocycles. The Morgan fingerprint density at radius 3 is 2.77 bits per heavy atom. The van der Waals surface area contributed by atoms with E-state index in [0.29, 0.717) is 24.3 Å². The lowest BCUT2D eigenvalue weighted by molar-refractivity contribution is -0.698. The summed E-state index contributed by atoms with van der Waals surface area (Å²) in [6.07, 6.45) is 26.6. The molecular formula is C39H40N2O4S2. The molecule has 0 bridgehead atoms. The quantitative estimate of drug-likeness (QED) is 0.179. The molecule has 1 aliphatic heterocycles. The van der Waals surface area contributed by atoms with Gasteiger partial charge in [0.05, 0.1) is 21.7 Å². The van der Waals surface area contributed by atoms with E-state index in [1.54, 1.807) is 0 Å². The van der Waals surface area contributed by atoms with Gasteiger partial charge in [0.15, 0.2) is 5.75 Å². The minimum Gasteiger partial charge on any atom is -0.748 e. The van der Waals surface area contributed by atoms with Crippen LogP contribution in [0.3, 0.4) is 0 Å². The van der Waals surface area contributed by atoms with Gasteiger partial charge in [0.1, 0.15) is 11.4 Å². The number of aromatic nitrogens is 1. The fourth-order valence-electron chi connectivity index (χ4n) is 7.35. The van der Waals surface area contributed by atoms with Gasteiger partial charge in [-0.3, -0.25) is 0 Å². The summed E-state index contributed by atoms with van der Waals surface area (Å²) in [7, 11) is -4.30. The van der Waals surface area contributed by atoms with Crippen LogP contribution in [0.1, 0.15) is 61.5 Å². The molecule has 0 saturated heterocycles. The number of allylic oxidation sites excluding steroid dienone is 11. The molecule has 7 rings (SSSR count).